The summed E-state index contributed by atoms with van der Waals surface area (Å²) in [6, 6.07) is 14.4. The van der Waals surface area contributed by atoms with E-state index in [1.54, 1.807) is 30.3 Å². The fourth-order valence-corrected chi connectivity index (χ4v) is 2.84. The van der Waals surface area contributed by atoms with Crippen molar-refractivity contribution in [3.63, 3.8) is 0 Å². The van der Waals surface area contributed by atoms with Gasteiger partial charge in [-0.3, -0.25) is 14.9 Å². The SMILES string of the molecule is O=C(Nc1ccc([N+](=O)[O-])cc1Cl)c1cccc2c(Cl)cccc12. The molecule has 0 aliphatic rings. The largest absolute Gasteiger partial charge is 0.321 e. The van der Waals surface area contributed by atoms with Crippen molar-refractivity contribution in [3.8, 4) is 0 Å². The van der Waals surface area contributed by atoms with Gasteiger partial charge in [-0.25, -0.2) is 0 Å². The van der Waals surface area contributed by atoms with E-state index in [9.17, 15) is 14.9 Å². The lowest BCUT2D eigenvalue weighted by Crippen LogP contribution is -2.12. The number of nitrogens with one attached hydrogen (secondary N) is 1. The van der Waals surface area contributed by atoms with Crippen molar-refractivity contribution in [1.82, 2.24) is 0 Å². The van der Waals surface area contributed by atoms with Gasteiger partial charge in [-0.15, -0.1) is 0 Å². The summed E-state index contributed by atoms with van der Waals surface area (Å²) >= 11 is 12.2. The molecule has 0 aliphatic heterocycles. The molecule has 0 saturated carbocycles. The predicted molar refractivity (Wildman–Crippen MR) is 95.0 cm³/mol. The highest BCUT2D eigenvalue weighted by molar-refractivity contribution is 6.36. The third-order valence-electron chi connectivity index (χ3n) is 3.53. The van der Waals surface area contributed by atoms with E-state index in [4.69, 9.17) is 23.2 Å². The van der Waals surface area contributed by atoms with E-state index in [0.29, 0.717) is 21.7 Å². The van der Waals surface area contributed by atoms with E-state index >= 15 is 0 Å². The standard InChI is InChI=1S/C17H10Cl2N2O3/c18-14-6-2-3-11-12(14)4-1-5-13(11)17(22)20-16-8-7-10(21(23)24)9-15(16)19/h1-9H,(H,20,22). The molecular weight excluding hydrogens is 351 g/mol. The van der Waals surface area contributed by atoms with Crippen LogP contribution >= 0.6 is 23.2 Å². The Balaban J connectivity index is 1.97. The number of anilines is 1. The molecule has 0 fully saturated rings. The molecule has 0 atom stereocenters. The third-order valence-corrected chi connectivity index (χ3v) is 4.17. The van der Waals surface area contributed by atoms with Crippen LogP contribution in [0.3, 0.4) is 0 Å². The summed E-state index contributed by atoms with van der Waals surface area (Å²) in [6.45, 7) is 0. The van der Waals surface area contributed by atoms with Gasteiger partial charge in [-0.05, 0) is 23.6 Å². The Morgan fingerprint density at radius 1 is 0.958 bits per heavy atom. The van der Waals surface area contributed by atoms with Gasteiger partial charge in [0, 0.05) is 28.1 Å². The average Bonchev–Trinajstić information content (AvgIpc) is 2.56. The minimum atomic E-state index is -0.551. The number of halogens is 2. The molecule has 120 valence electrons. The van der Waals surface area contributed by atoms with E-state index in [-0.39, 0.29) is 16.6 Å². The Kier molecular flexibility index (Phi) is 4.38. The number of benzene rings is 3. The molecule has 3 aromatic carbocycles. The van der Waals surface area contributed by atoms with Gasteiger partial charge in [0.15, 0.2) is 0 Å². The van der Waals surface area contributed by atoms with Crippen molar-refractivity contribution in [2.24, 2.45) is 0 Å². The van der Waals surface area contributed by atoms with Gasteiger partial charge < -0.3 is 5.32 Å². The molecular formula is C17H10Cl2N2O3. The van der Waals surface area contributed by atoms with Crippen LogP contribution in [0.15, 0.2) is 54.6 Å². The van der Waals surface area contributed by atoms with Gasteiger partial charge in [0.1, 0.15) is 0 Å². The summed E-state index contributed by atoms with van der Waals surface area (Å²) in [5, 5.41) is 15.5. The highest BCUT2D eigenvalue weighted by atomic mass is 35.5. The van der Waals surface area contributed by atoms with E-state index in [2.05, 4.69) is 5.32 Å². The molecule has 24 heavy (non-hydrogen) atoms. The van der Waals surface area contributed by atoms with Crippen LogP contribution in [0, 0.1) is 10.1 Å². The highest BCUT2D eigenvalue weighted by Gasteiger charge is 2.15. The van der Waals surface area contributed by atoms with Crippen molar-refractivity contribution in [2.45, 2.75) is 0 Å². The molecule has 0 unspecified atom stereocenters. The molecule has 0 aromatic heterocycles. The molecule has 3 rings (SSSR count). The Hall–Kier alpha value is -2.63. The third kappa shape index (κ3) is 3.04. The Morgan fingerprint density at radius 2 is 1.67 bits per heavy atom. The van der Waals surface area contributed by atoms with Crippen LogP contribution in [-0.4, -0.2) is 10.8 Å². The molecule has 0 heterocycles. The number of non-ortho nitro benzene ring substituents is 1. The molecule has 0 radical (unpaired) electrons. The number of carbonyl (C=O) groups excluding carboxylic acids is 1. The maximum Gasteiger partial charge on any atom is 0.271 e. The monoisotopic (exact) mass is 360 g/mol. The first-order valence-corrected chi connectivity index (χ1v) is 7.65. The lowest BCUT2D eigenvalue weighted by Gasteiger charge is -2.10. The zero-order valence-corrected chi connectivity index (χ0v) is 13.6. The Morgan fingerprint density at radius 3 is 2.38 bits per heavy atom. The molecule has 7 heteroatoms. The normalized spacial score (nSPS) is 10.6. The maximum atomic E-state index is 12.6. The van der Waals surface area contributed by atoms with Gasteiger partial charge >= 0.3 is 0 Å². The number of nitro groups is 1. The number of nitro benzene ring substituents is 1. The zero-order valence-electron chi connectivity index (χ0n) is 12.1. The smallest absolute Gasteiger partial charge is 0.271 e. The lowest BCUT2D eigenvalue weighted by molar-refractivity contribution is -0.384. The summed E-state index contributed by atoms with van der Waals surface area (Å²) in [5.74, 6) is -0.376. The number of rotatable bonds is 3. The van der Waals surface area contributed by atoms with E-state index in [1.807, 2.05) is 6.07 Å². The van der Waals surface area contributed by atoms with Crippen LogP contribution < -0.4 is 5.32 Å². The molecule has 0 aliphatic carbocycles. The van der Waals surface area contributed by atoms with Crippen molar-refractivity contribution >= 4 is 51.3 Å². The number of fused-ring (bicyclic) bond motifs is 1. The van der Waals surface area contributed by atoms with Crippen LogP contribution in [-0.2, 0) is 0 Å². The summed E-state index contributed by atoms with van der Waals surface area (Å²) in [4.78, 5) is 22.7. The van der Waals surface area contributed by atoms with Gasteiger partial charge in [0.2, 0.25) is 0 Å². The average molecular weight is 361 g/mol. The summed E-state index contributed by atoms with van der Waals surface area (Å²) < 4.78 is 0. The maximum absolute atomic E-state index is 12.6. The molecule has 1 amide bonds. The molecule has 3 aromatic rings. The van der Waals surface area contributed by atoms with Crippen LogP contribution in [0.4, 0.5) is 11.4 Å². The highest BCUT2D eigenvalue weighted by Crippen LogP contribution is 2.29. The first-order valence-electron chi connectivity index (χ1n) is 6.90. The van der Waals surface area contributed by atoms with Gasteiger partial charge in [-0.2, -0.15) is 0 Å². The van der Waals surface area contributed by atoms with Crippen molar-refractivity contribution < 1.29 is 9.72 Å². The minimum absolute atomic E-state index is 0.0934. The van der Waals surface area contributed by atoms with Crippen LogP contribution in [0.1, 0.15) is 10.4 Å². The fourth-order valence-electron chi connectivity index (χ4n) is 2.38. The van der Waals surface area contributed by atoms with E-state index < -0.39 is 4.92 Å². The summed E-state index contributed by atoms with van der Waals surface area (Å²) in [6.07, 6.45) is 0. The number of carbonyl (C=O) groups is 1. The molecule has 5 nitrogen and oxygen atoms in total. The van der Waals surface area contributed by atoms with Gasteiger partial charge in [-0.1, -0.05) is 47.5 Å². The van der Waals surface area contributed by atoms with Crippen molar-refractivity contribution in [3.05, 3.63) is 80.3 Å². The number of nitrogens with zero attached hydrogens (tertiary/aromatic N) is 1. The number of hydrogen-bond donors (Lipinski definition) is 1. The second-order valence-electron chi connectivity index (χ2n) is 5.02. The van der Waals surface area contributed by atoms with Crippen LogP contribution in [0.25, 0.3) is 10.8 Å². The first kappa shape index (κ1) is 16.2. The Bertz CT molecular complexity index is 973. The fraction of sp³-hybridized carbons (Fsp3) is 0. The number of amides is 1. The second-order valence-corrected chi connectivity index (χ2v) is 5.83. The molecule has 0 bridgehead atoms. The lowest BCUT2D eigenvalue weighted by atomic mass is 10.0. The van der Waals surface area contributed by atoms with Crippen LogP contribution in [0.5, 0.6) is 0 Å². The first-order chi connectivity index (χ1) is 11.5. The predicted octanol–water partition coefficient (Wildman–Crippen LogP) is 5.31. The number of hydrogen-bond acceptors (Lipinski definition) is 3. The topological polar surface area (TPSA) is 72.2 Å². The molecule has 0 saturated heterocycles. The van der Waals surface area contributed by atoms with Gasteiger partial charge in [0.25, 0.3) is 11.6 Å². The van der Waals surface area contributed by atoms with Crippen molar-refractivity contribution in [1.29, 1.82) is 0 Å². The van der Waals surface area contributed by atoms with E-state index in [0.717, 1.165) is 5.39 Å². The summed E-state index contributed by atoms with van der Waals surface area (Å²) in [5.41, 5.74) is 0.589. The minimum Gasteiger partial charge on any atom is -0.321 e. The quantitative estimate of drug-likeness (QED) is 0.508. The zero-order chi connectivity index (χ0) is 17.3. The van der Waals surface area contributed by atoms with E-state index in [1.165, 1.54) is 18.2 Å². The van der Waals surface area contributed by atoms with Gasteiger partial charge in [0.05, 0.1) is 15.6 Å². The molecule has 0 spiro atoms. The van der Waals surface area contributed by atoms with Crippen molar-refractivity contribution in [2.75, 3.05) is 5.32 Å². The van der Waals surface area contributed by atoms with Crippen LogP contribution in [0.2, 0.25) is 10.0 Å². The second kappa shape index (κ2) is 6.47. The Labute approximate surface area is 147 Å². The summed E-state index contributed by atoms with van der Waals surface area (Å²) in [7, 11) is 0. The molecule has 1 N–H and O–H groups in total.